The molecule has 0 radical (unpaired) electrons. The lowest BCUT2D eigenvalue weighted by Gasteiger charge is -2.13. The summed E-state index contributed by atoms with van der Waals surface area (Å²) in [4.78, 5) is 3.79. The summed E-state index contributed by atoms with van der Waals surface area (Å²) in [6, 6.07) is 10.1. The normalized spacial score (nSPS) is 12.5. The molecule has 2 rings (SSSR count). The van der Waals surface area contributed by atoms with Gasteiger partial charge in [-0.3, -0.25) is 0 Å². The largest absolute Gasteiger partial charge is 0.493 e. The Morgan fingerprint density at radius 3 is 2.33 bits per heavy atom. The number of aromatic nitrogens is 1. The Balaban J connectivity index is 2.00. The number of halogens is 1. The van der Waals surface area contributed by atoms with Crippen molar-refractivity contribution in [3.05, 3.63) is 53.7 Å². The van der Waals surface area contributed by atoms with Crippen molar-refractivity contribution < 1.29 is 14.6 Å². The van der Waals surface area contributed by atoms with Crippen LogP contribution in [0.5, 0.6) is 5.88 Å². The first-order valence-electron chi connectivity index (χ1n) is 6.58. The molecule has 0 bridgehead atoms. The molecule has 0 saturated heterocycles. The third-order valence-corrected chi connectivity index (χ3v) is 2.93. The molecule has 21 heavy (non-hydrogen) atoms. The van der Waals surface area contributed by atoms with Gasteiger partial charge in [0.1, 0.15) is 6.67 Å². The molecule has 0 aliphatic rings. The average Bonchev–Trinajstić information content (AvgIpc) is 2.53. The number of rotatable bonds is 6. The predicted molar refractivity (Wildman–Crippen MR) is 81.7 cm³/mol. The summed E-state index contributed by atoms with van der Waals surface area (Å²) in [5, 5.41) is 20.9. The molecular formula is C16H17FN2O2. The smallest absolute Gasteiger partial charge is 0.210 e. The summed E-state index contributed by atoms with van der Waals surface area (Å²) in [5.41, 5.74) is 2.62. The summed E-state index contributed by atoms with van der Waals surface area (Å²) < 4.78 is 12.5. The number of aliphatic hydroxyl groups is 1. The fraction of sp³-hybridized carbons (Fsp3) is 0.188. The molecule has 0 spiro atoms. The first kappa shape index (κ1) is 15.0. The van der Waals surface area contributed by atoms with Crippen LogP contribution >= 0.6 is 0 Å². The highest BCUT2D eigenvalue weighted by molar-refractivity contribution is 5.70. The summed E-state index contributed by atoms with van der Waals surface area (Å²) in [6.45, 7) is -0.863. The SMILES string of the molecule is OCC(CF)Nc1ccc(/C=C/c2ccc(O)nc2)cc1. The molecule has 5 heteroatoms. The lowest BCUT2D eigenvalue weighted by atomic mass is 10.1. The van der Waals surface area contributed by atoms with E-state index in [4.69, 9.17) is 10.2 Å². The van der Waals surface area contributed by atoms with E-state index in [0.717, 1.165) is 16.8 Å². The maximum Gasteiger partial charge on any atom is 0.210 e. The first-order valence-corrected chi connectivity index (χ1v) is 6.58. The van der Waals surface area contributed by atoms with E-state index < -0.39 is 12.7 Å². The van der Waals surface area contributed by atoms with Gasteiger partial charge in [0, 0.05) is 18.0 Å². The monoisotopic (exact) mass is 288 g/mol. The van der Waals surface area contributed by atoms with Gasteiger partial charge in [0.2, 0.25) is 5.88 Å². The Bertz CT molecular complexity index is 578. The molecule has 1 atom stereocenters. The second kappa shape index (κ2) is 7.40. The highest BCUT2D eigenvalue weighted by Crippen LogP contribution is 2.14. The third-order valence-electron chi connectivity index (χ3n) is 2.93. The van der Waals surface area contributed by atoms with Crippen LogP contribution in [-0.2, 0) is 0 Å². The Hall–Kier alpha value is -2.40. The van der Waals surface area contributed by atoms with E-state index in [1.54, 1.807) is 12.3 Å². The quantitative estimate of drug-likeness (QED) is 0.764. The van der Waals surface area contributed by atoms with Crippen molar-refractivity contribution in [1.82, 2.24) is 4.98 Å². The van der Waals surface area contributed by atoms with Crippen molar-refractivity contribution in [2.45, 2.75) is 6.04 Å². The molecule has 0 aliphatic heterocycles. The number of alkyl halides is 1. The molecule has 1 unspecified atom stereocenters. The molecule has 1 aromatic carbocycles. The number of nitrogens with one attached hydrogen (secondary N) is 1. The van der Waals surface area contributed by atoms with Crippen LogP contribution in [0.2, 0.25) is 0 Å². The standard InChI is InChI=1S/C16H17FN2O2/c17-9-15(11-20)19-14-6-3-12(4-7-14)1-2-13-5-8-16(21)18-10-13/h1-8,10,15,19-20H,9,11H2,(H,18,21)/b2-1+. The van der Waals surface area contributed by atoms with Crippen LogP contribution in [0.1, 0.15) is 11.1 Å². The molecule has 110 valence electrons. The molecule has 2 aromatic rings. The fourth-order valence-electron chi connectivity index (χ4n) is 1.75. The highest BCUT2D eigenvalue weighted by Gasteiger charge is 2.05. The number of pyridine rings is 1. The molecule has 1 aromatic heterocycles. The van der Waals surface area contributed by atoms with Crippen molar-refractivity contribution in [1.29, 1.82) is 0 Å². The van der Waals surface area contributed by atoms with Crippen LogP contribution in [0, 0.1) is 0 Å². The van der Waals surface area contributed by atoms with E-state index in [0.29, 0.717) is 0 Å². The molecule has 3 N–H and O–H groups in total. The van der Waals surface area contributed by atoms with E-state index in [2.05, 4.69) is 10.3 Å². The Kier molecular flexibility index (Phi) is 5.29. The van der Waals surface area contributed by atoms with Gasteiger partial charge in [0.05, 0.1) is 12.6 Å². The van der Waals surface area contributed by atoms with Gasteiger partial charge in [-0.1, -0.05) is 24.3 Å². The van der Waals surface area contributed by atoms with Gasteiger partial charge < -0.3 is 15.5 Å². The number of aromatic hydroxyl groups is 1. The third kappa shape index (κ3) is 4.57. The van der Waals surface area contributed by atoms with Gasteiger partial charge in [0.25, 0.3) is 0 Å². The van der Waals surface area contributed by atoms with Gasteiger partial charge in [-0.25, -0.2) is 9.37 Å². The summed E-state index contributed by atoms with van der Waals surface area (Å²) in [6.07, 6.45) is 5.37. The number of benzene rings is 1. The van der Waals surface area contributed by atoms with Crippen LogP contribution in [0.4, 0.5) is 10.1 Å². The van der Waals surface area contributed by atoms with Gasteiger partial charge in [-0.2, -0.15) is 0 Å². The van der Waals surface area contributed by atoms with Crippen LogP contribution in [0.15, 0.2) is 42.6 Å². The number of hydrogen-bond donors (Lipinski definition) is 3. The summed E-state index contributed by atoms with van der Waals surface area (Å²) in [7, 11) is 0. The molecule has 0 aliphatic carbocycles. The van der Waals surface area contributed by atoms with Crippen molar-refractivity contribution in [3.8, 4) is 5.88 Å². The highest BCUT2D eigenvalue weighted by atomic mass is 19.1. The van der Waals surface area contributed by atoms with Gasteiger partial charge >= 0.3 is 0 Å². The molecule has 4 nitrogen and oxygen atoms in total. The van der Waals surface area contributed by atoms with Gasteiger partial charge in [-0.15, -0.1) is 0 Å². The zero-order valence-corrected chi connectivity index (χ0v) is 11.4. The minimum atomic E-state index is -0.619. The van der Waals surface area contributed by atoms with E-state index in [1.165, 1.54) is 6.07 Å². The lowest BCUT2D eigenvalue weighted by Crippen LogP contribution is -2.25. The molecule has 0 fully saturated rings. The molecule has 0 saturated carbocycles. The second-order valence-corrected chi connectivity index (χ2v) is 4.58. The molecule has 0 amide bonds. The second-order valence-electron chi connectivity index (χ2n) is 4.58. The minimum absolute atomic E-state index is 0.00567. The molecule has 1 heterocycles. The van der Waals surface area contributed by atoms with Crippen LogP contribution in [-0.4, -0.2) is 34.5 Å². The van der Waals surface area contributed by atoms with Crippen LogP contribution in [0.3, 0.4) is 0 Å². The van der Waals surface area contributed by atoms with Gasteiger partial charge in [-0.05, 0) is 29.3 Å². The number of anilines is 1. The number of nitrogens with zero attached hydrogens (tertiary/aromatic N) is 1. The van der Waals surface area contributed by atoms with Crippen molar-refractivity contribution in [2.75, 3.05) is 18.6 Å². The van der Waals surface area contributed by atoms with Crippen LogP contribution in [0.25, 0.3) is 12.2 Å². The fourth-order valence-corrected chi connectivity index (χ4v) is 1.75. The van der Waals surface area contributed by atoms with E-state index >= 15 is 0 Å². The lowest BCUT2D eigenvalue weighted by molar-refractivity contribution is 0.252. The van der Waals surface area contributed by atoms with Crippen molar-refractivity contribution >= 4 is 17.8 Å². The average molecular weight is 288 g/mol. The number of aliphatic hydroxyl groups excluding tert-OH is 1. The van der Waals surface area contributed by atoms with E-state index in [-0.39, 0.29) is 12.5 Å². The maximum atomic E-state index is 12.5. The minimum Gasteiger partial charge on any atom is -0.493 e. The van der Waals surface area contributed by atoms with Crippen molar-refractivity contribution in [3.63, 3.8) is 0 Å². The Morgan fingerprint density at radius 1 is 1.10 bits per heavy atom. The first-order chi connectivity index (χ1) is 10.2. The number of hydrogen-bond acceptors (Lipinski definition) is 4. The topological polar surface area (TPSA) is 65.4 Å². The maximum absolute atomic E-state index is 12.5. The predicted octanol–water partition coefficient (Wildman–Crippen LogP) is 2.70. The summed E-state index contributed by atoms with van der Waals surface area (Å²) in [5.74, 6) is -0.00567. The molecular weight excluding hydrogens is 271 g/mol. The van der Waals surface area contributed by atoms with Crippen LogP contribution < -0.4 is 5.32 Å². The Morgan fingerprint density at radius 2 is 1.76 bits per heavy atom. The zero-order valence-electron chi connectivity index (χ0n) is 11.4. The van der Waals surface area contributed by atoms with E-state index in [9.17, 15) is 4.39 Å². The van der Waals surface area contributed by atoms with Crippen molar-refractivity contribution in [2.24, 2.45) is 0 Å². The van der Waals surface area contributed by atoms with E-state index in [1.807, 2.05) is 36.4 Å². The summed E-state index contributed by atoms with van der Waals surface area (Å²) >= 11 is 0. The Labute approximate surface area is 122 Å². The zero-order chi connectivity index (χ0) is 15.1. The van der Waals surface area contributed by atoms with Gasteiger partial charge in [0.15, 0.2) is 0 Å².